The van der Waals surface area contributed by atoms with E-state index in [9.17, 15) is 9.59 Å². The predicted molar refractivity (Wildman–Crippen MR) is 66.2 cm³/mol. The van der Waals surface area contributed by atoms with E-state index < -0.39 is 12.0 Å². The Balaban J connectivity index is 2.25. The lowest BCUT2D eigenvalue weighted by Gasteiger charge is -2.19. The first kappa shape index (κ1) is 12.2. The molecule has 0 spiro atoms. The monoisotopic (exact) mass is 273 g/mol. The summed E-state index contributed by atoms with van der Waals surface area (Å²) in [5.74, 6) is -0.450. The Hall–Kier alpha value is -1.28. The van der Waals surface area contributed by atoms with Crippen molar-refractivity contribution < 1.29 is 14.7 Å². The lowest BCUT2D eigenvalue weighted by atomic mass is 10.2. The number of hydrogen-bond acceptors (Lipinski definition) is 6. The molecule has 1 aromatic heterocycles. The van der Waals surface area contributed by atoms with Gasteiger partial charge in [-0.3, -0.25) is 4.79 Å². The van der Waals surface area contributed by atoms with E-state index >= 15 is 0 Å². The zero-order valence-corrected chi connectivity index (χ0v) is 10.7. The van der Waals surface area contributed by atoms with Crippen LogP contribution in [0.3, 0.4) is 0 Å². The number of aromatic nitrogens is 1. The van der Waals surface area contributed by atoms with Crippen LogP contribution in [-0.2, 0) is 4.79 Å². The minimum Gasteiger partial charge on any atom is -0.480 e. The number of hydrogen-bond donors (Lipinski definition) is 2. The van der Waals surface area contributed by atoms with Gasteiger partial charge in [-0.1, -0.05) is 11.3 Å². The average Bonchev–Trinajstić information content (AvgIpc) is 2.83. The fourth-order valence-electron chi connectivity index (χ4n) is 1.59. The van der Waals surface area contributed by atoms with E-state index in [0.29, 0.717) is 27.3 Å². The van der Waals surface area contributed by atoms with E-state index in [4.69, 9.17) is 10.8 Å². The molecule has 1 fully saturated rings. The second-order valence-electron chi connectivity index (χ2n) is 3.60. The number of thiazole rings is 1. The molecule has 92 valence electrons. The number of thioether (sulfide) groups is 1. The number of amides is 1. The van der Waals surface area contributed by atoms with Crippen molar-refractivity contribution in [1.82, 2.24) is 9.88 Å². The molecule has 17 heavy (non-hydrogen) atoms. The molecule has 1 saturated heterocycles. The number of carboxylic acid groups (broad SMARTS) is 1. The Morgan fingerprint density at radius 2 is 2.29 bits per heavy atom. The number of nitrogens with zero attached hydrogens (tertiary/aromatic N) is 2. The Kier molecular flexibility index (Phi) is 3.25. The number of nitrogens with two attached hydrogens (primary N) is 1. The first-order chi connectivity index (χ1) is 8.00. The molecule has 1 atom stereocenters. The van der Waals surface area contributed by atoms with Crippen LogP contribution < -0.4 is 5.73 Å². The summed E-state index contributed by atoms with van der Waals surface area (Å²) in [5.41, 5.74) is 6.08. The van der Waals surface area contributed by atoms with Crippen molar-refractivity contribution in [2.45, 2.75) is 13.0 Å². The van der Waals surface area contributed by atoms with E-state index in [1.165, 1.54) is 16.7 Å². The van der Waals surface area contributed by atoms with Gasteiger partial charge in [0, 0.05) is 5.75 Å². The van der Waals surface area contributed by atoms with Gasteiger partial charge in [0.15, 0.2) is 5.13 Å². The van der Waals surface area contributed by atoms with Crippen LogP contribution in [0.15, 0.2) is 0 Å². The van der Waals surface area contributed by atoms with Crippen molar-refractivity contribution in [3.8, 4) is 0 Å². The second kappa shape index (κ2) is 4.53. The molecule has 1 unspecified atom stereocenters. The van der Waals surface area contributed by atoms with E-state index in [1.807, 2.05) is 0 Å². The molecular weight excluding hydrogens is 262 g/mol. The van der Waals surface area contributed by atoms with Gasteiger partial charge in [-0.05, 0) is 6.92 Å². The highest BCUT2D eigenvalue weighted by molar-refractivity contribution is 7.99. The van der Waals surface area contributed by atoms with Gasteiger partial charge < -0.3 is 15.7 Å². The summed E-state index contributed by atoms with van der Waals surface area (Å²) in [5, 5.41) is 9.33. The van der Waals surface area contributed by atoms with Gasteiger partial charge >= 0.3 is 5.97 Å². The minimum absolute atomic E-state index is 0.297. The number of anilines is 1. The highest BCUT2D eigenvalue weighted by atomic mass is 32.2. The summed E-state index contributed by atoms with van der Waals surface area (Å²) >= 11 is 2.53. The Labute approximate surface area is 106 Å². The Morgan fingerprint density at radius 3 is 2.82 bits per heavy atom. The van der Waals surface area contributed by atoms with Crippen LogP contribution in [0.2, 0.25) is 0 Å². The second-order valence-corrected chi connectivity index (χ2v) is 5.63. The third-order valence-corrected chi connectivity index (χ3v) is 4.42. The van der Waals surface area contributed by atoms with Crippen LogP contribution in [0.1, 0.15) is 15.4 Å². The summed E-state index contributed by atoms with van der Waals surface area (Å²) < 4.78 is 0. The van der Waals surface area contributed by atoms with E-state index in [1.54, 1.807) is 6.92 Å². The standard InChI is InChI=1S/C9H11N3O3S2/c1-4-6(17-9(10)11-4)7(13)12-3-16-2-5(12)8(14)15/h5H,2-3H2,1H3,(H2,10,11)(H,14,15). The molecule has 8 heteroatoms. The number of carboxylic acids is 1. The number of rotatable bonds is 2. The Bertz CT molecular complexity index is 474. The van der Waals surface area contributed by atoms with Crippen LogP contribution in [0, 0.1) is 6.92 Å². The minimum atomic E-state index is -0.974. The smallest absolute Gasteiger partial charge is 0.327 e. The SMILES string of the molecule is Cc1nc(N)sc1C(=O)N1CSCC1C(=O)O. The molecule has 0 bridgehead atoms. The van der Waals surface area contributed by atoms with Crippen molar-refractivity contribution >= 4 is 40.1 Å². The van der Waals surface area contributed by atoms with Gasteiger partial charge in [-0.2, -0.15) is 0 Å². The van der Waals surface area contributed by atoms with Gasteiger partial charge in [0.2, 0.25) is 0 Å². The molecule has 1 aliphatic rings. The van der Waals surface area contributed by atoms with Gasteiger partial charge in [-0.25, -0.2) is 9.78 Å². The van der Waals surface area contributed by atoms with E-state index in [0.717, 1.165) is 11.3 Å². The fourth-order valence-corrected chi connectivity index (χ4v) is 3.53. The van der Waals surface area contributed by atoms with Gasteiger partial charge in [0.1, 0.15) is 10.9 Å². The molecule has 1 amide bonds. The molecular formula is C9H11N3O3S2. The highest BCUT2D eigenvalue weighted by Crippen LogP contribution is 2.27. The topological polar surface area (TPSA) is 96.5 Å². The maximum atomic E-state index is 12.2. The molecule has 1 aromatic rings. The average molecular weight is 273 g/mol. The lowest BCUT2D eigenvalue weighted by molar-refractivity contribution is -0.140. The quantitative estimate of drug-likeness (QED) is 0.820. The van der Waals surface area contributed by atoms with Crippen LogP contribution in [0.5, 0.6) is 0 Å². The molecule has 3 N–H and O–H groups in total. The molecule has 1 aliphatic heterocycles. The van der Waals surface area contributed by atoms with Gasteiger partial charge in [-0.15, -0.1) is 11.8 Å². The molecule has 0 radical (unpaired) electrons. The van der Waals surface area contributed by atoms with Crippen molar-refractivity contribution in [2.75, 3.05) is 17.4 Å². The molecule has 2 heterocycles. The van der Waals surface area contributed by atoms with E-state index in [-0.39, 0.29) is 5.91 Å². The number of aliphatic carboxylic acids is 1. The largest absolute Gasteiger partial charge is 0.480 e. The fraction of sp³-hybridized carbons (Fsp3) is 0.444. The number of carbonyl (C=O) groups excluding carboxylic acids is 1. The van der Waals surface area contributed by atoms with Crippen LogP contribution in [0.25, 0.3) is 0 Å². The van der Waals surface area contributed by atoms with Crippen molar-refractivity contribution in [3.63, 3.8) is 0 Å². The first-order valence-electron chi connectivity index (χ1n) is 4.85. The van der Waals surface area contributed by atoms with Gasteiger partial charge in [0.25, 0.3) is 5.91 Å². The van der Waals surface area contributed by atoms with Crippen LogP contribution in [0.4, 0.5) is 5.13 Å². The first-order valence-corrected chi connectivity index (χ1v) is 6.82. The number of carbonyl (C=O) groups is 2. The summed E-state index contributed by atoms with van der Waals surface area (Å²) in [7, 11) is 0. The summed E-state index contributed by atoms with van der Waals surface area (Å²) in [6.07, 6.45) is 0. The maximum absolute atomic E-state index is 12.2. The third kappa shape index (κ3) is 2.22. The number of nitrogen functional groups attached to an aromatic ring is 1. The molecule has 0 saturated carbocycles. The normalized spacial score (nSPS) is 19.6. The summed E-state index contributed by atoms with van der Waals surface area (Å²) in [4.78, 5) is 28.9. The molecule has 2 rings (SSSR count). The lowest BCUT2D eigenvalue weighted by Crippen LogP contribution is -2.41. The van der Waals surface area contributed by atoms with Crippen molar-refractivity contribution in [3.05, 3.63) is 10.6 Å². The highest BCUT2D eigenvalue weighted by Gasteiger charge is 2.36. The van der Waals surface area contributed by atoms with Crippen LogP contribution >= 0.6 is 23.1 Å². The van der Waals surface area contributed by atoms with Crippen molar-refractivity contribution in [2.24, 2.45) is 0 Å². The Morgan fingerprint density at radius 1 is 1.59 bits per heavy atom. The maximum Gasteiger partial charge on any atom is 0.327 e. The van der Waals surface area contributed by atoms with Gasteiger partial charge in [0.05, 0.1) is 11.6 Å². The molecule has 0 aliphatic carbocycles. The zero-order chi connectivity index (χ0) is 12.6. The molecule has 0 aromatic carbocycles. The third-order valence-electron chi connectivity index (χ3n) is 2.44. The molecule has 6 nitrogen and oxygen atoms in total. The summed E-state index contributed by atoms with van der Waals surface area (Å²) in [6, 6.07) is -0.754. The summed E-state index contributed by atoms with van der Waals surface area (Å²) in [6.45, 7) is 1.69. The zero-order valence-electron chi connectivity index (χ0n) is 9.04. The van der Waals surface area contributed by atoms with Crippen molar-refractivity contribution in [1.29, 1.82) is 0 Å². The predicted octanol–water partition coefficient (Wildman–Crippen LogP) is 0.633. The van der Waals surface area contributed by atoms with E-state index in [2.05, 4.69) is 4.98 Å². The van der Waals surface area contributed by atoms with Crippen LogP contribution in [-0.4, -0.2) is 44.5 Å². The number of aryl methyl sites for hydroxylation is 1.